The molecule has 0 aromatic carbocycles. The Morgan fingerprint density at radius 2 is 1.71 bits per heavy atom. The third-order valence-corrected chi connectivity index (χ3v) is 2.43. The van der Waals surface area contributed by atoms with Crippen molar-refractivity contribution in [1.82, 2.24) is 0 Å². The third kappa shape index (κ3) is 15.7. The number of hydrogen-bond donors (Lipinski definition) is 0. The predicted molar refractivity (Wildman–Crippen MR) is 52.5 cm³/mol. The largest absolute Gasteiger partial charge is 1.00 e. The van der Waals surface area contributed by atoms with E-state index in [1.54, 1.807) is 0 Å². The SMILES string of the molecule is CCCC=CCCCCS(=O)(=O)[O-].[K+]. The number of rotatable bonds is 7. The Labute approximate surface area is 130 Å². The van der Waals surface area contributed by atoms with Crippen molar-refractivity contribution in [3.8, 4) is 0 Å². The van der Waals surface area contributed by atoms with Gasteiger partial charge in [-0.1, -0.05) is 25.5 Å². The van der Waals surface area contributed by atoms with E-state index in [0.29, 0.717) is 6.42 Å². The zero-order valence-electron chi connectivity index (χ0n) is 9.03. The van der Waals surface area contributed by atoms with Gasteiger partial charge in [-0.25, -0.2) is 8.42 Å². The van der Waals surface area contributed by atoms with Crippen LogP contribution in [-0.4, -0.2) is 18.7 Å². The van der Waals surface area contributed by atoms with Crippen LogP contribution >= 0.6 is 0 Å². The van der Waals surface area contributed by atoms with E-state index in [-0.39, 0.29) is 57.1 Å². The van der Waals surface area contributed by atoms with E-state index in [4.69, 9.17) is 0 Å². The normalized spacial score (nSPS) is 11.6. The summed E-state index contributed by atoms with van der Waals surface area (Å²) in [5.41, 5.74) is 0. The molecule has 14 heavy (non-hydrogen) atoms. The van der Waals surface area contributed by atoms with Gasteiger partial charge in [-0.05, 0) is 25.7 Å². The second-order valence-electron chi connectivity index (χ2n) is 3.02. The van der Waals surface area contributed by atoms with Crippen molar-refractivity contribution in [3.05, 3.63) is 12.2 Å². The molecule has 5 heteroatoms. The number of allylic oxidation sites excluding steroid dienone is 2. The van der Waals surface area contributed by atoms with Gasteiger partial charge in [-0.2, -0.15) is 0 Å². The molecule has 0 N–H and O–H groups in total. The number of unbranched alkanes of at least 4 members (excludes halogenated alkanes) is 3. The summed E-state index contributed by atoms with van der Waals surface area (Å²) in [7, 11) is -4.00. The van der Waals surface area contributed by atoms with Crippen molar-refractivity contribution in [2.45, 2.75) is 39.0 Å². The van der Waals surface area contributed by atoms with Crippen molar-refractivity contribution in [1.29, 1.82) is 0 Å². The van der Waals surface area contributed by atoms with Crippen LogP contribution in [-0.2, 0) is 10.1 Å². The summed E-state index contributed by atoms with van der Waals surface area (Å²) in [5, 5.41) is 0. The molecule has 0 unspecified atom stereocenters. The molecule has 78 valence electrons. The number of hydrogen-bond acceptors (Lipinski definition) is 3. The van der Waals surface area contributed by atoms with Crippen LogP contribution in [0.25, 0.3) is 0 Å². The molecule has 0 spiro atoms. The van der Waals surface area contributed by atoms with Gasteiger partial charge in [0.05, 0.1) is 10.1 Å². The van der Waals surface area contributed by atoms with Gasteiger partial charge in [0, 0.05) is 5.75 Å². The van der Waals surface area contributed by atoms with E-state index in [9.17, 15) is 13.0 Å². The van der Waals surface area contributed by atoms with Crippen LogP contribution < -0.4 is 51.4 Å². The Morgan fingerprint density at radius 1 is 1.14 bits per heavy atom. The first-order chi connectivity index (χ1) is 6.06. The van der Waals surface area contributed by atoms with Crippen LogP contribution in [0.3, 0.4) is 0 Å². The van der Waals surface area contributed by atoms with E-state index in [0.717, 1.165) is 25.7 Å². The Balaban J connectivity index is 0. The van der Waals surface area contributed by atoms with Gasteiger partial charge in [0.2, 0.25) is 0 Å². The van der Waals surface area contributed by atoms with Gasteiger partial charge in [0.25, 0.3) is 0 Å². The van der Waals surface area contributed by atoms with Crippen LogP contribution in [0.2, 0.25) is 0 Å². The van der Waals surface area contributed by atoms with Crippen LogP contribution in [0.15, 0.2) is 12.2 Å². The molecule has 0 rings (SSSR count). The van der Waals surface area contributed by atoms with Crippen molar-refractivity contribution >= 4 is 10.1 Å². The van der Waals surface area contributed by atoms with Gasteiger partial charge in [0.1, 0.15) is 0 Å². The minimum atomic E-state index is -4.00. The van der Waals surface area contributed by atoms with Gasteiger partial charge in [-0.15, -0.1) is 0 Å². The Hall–Kier alpha value is 1.29. The average Bonchev–Trinajstić information content (AvgIpc) is 2.01. The standard InChI is InChI=1S/C9H18O3S.K/c1-2-3-4-5-6-7-8-9-13(10,11)12;/h4-5H,2-3,6-9H2,1H3,(H,10,11,12);/q;+1/p-1. The van der Waals surface area contributed by atoms with E-state index >= 15 is 0 Å². The van der Waals surface area contributed by atoms with E-state index in [2.05, 4.69) is 13.0 Å². The molecule has 0 atom stereocenters. The maximum Gasteiger partial charge on any atom is 1.00 e. The summed E-state index contributed by atoms with van der Waals surface area (Å²) in [5.74, 6) is -0.228. The molecule has 0 aromatic rings. The molecular weight excluding hydrogens is 227 g/mol. The molecule has 0 saturated carbocycles. The van der Waals surface area contributed by atoms with Crippen molar-refractivity contribution < 1.29 is 64.4 Å². The molecule has 3 nitrogen and oxygen atoms in total. The summed E-state index contributed by atoms with van der Waals surface area (Å²) in [6.07, 6.45) is 8.46. The molecule has 0 aliphatic rings. The van der Waals surface area contributed by atoms with Crippen molar-refractivity contribution in [3.63, 3.8) is 0 Å². The Kier molecular flexibility index (Phi) is 13.6. The Bertz CT molecular complexity index is 234. The van der Waals surface area contributed by atoms with E-state index < -0.39 is 10.1 Å². The minimum absolute atomic E-state index is 0. The minimum Gasteiger partial charge on any atom is -0.748 e. The van der Waals surface area contributed by atoms with E-state index in [1.165, 1.54) is 0 Å². The molecule has 0 saturated heterocycles. The fraction of sp³-hybridized carbons (Fsp3) is 0.778. The smallest absolute Gasteiger partial charge is 0.748 e. The van der Waals surface area contributed by atoms with Gasteiger partial charge < -0.3 is 4.55 Å². The zero-order chi connectivity index (χ0) is 10.2. The van der Waals surface area contributed by atoms with E-state index in [1.807, 2.05) is 6.08 Å². The summed E-state index contributed by atoms with van der Waals surface area (Å²) >= 11 is 0. The molecule has 0 fully saturated rings. The third-order valence-electron chi connectivity index (χ3n) is 1.64. The quantitative estimate of drug-likeness (QED) is 0.251. The van der Waals surface area contributed by atoms with Crippen LogP contribution in [0.1, 0.15) is 39.0 Å². The summed E-state index contributed by atoms with van der Waals surface area (Å²) in [6.45, 7) is 2.11. The monoisotopic (exact) mass is 244 g/mol. The molecule has 0 radical (unpaired) electrons. The van der Waals surface area contributed by atoms with Gasteiger partial charge in [0.15, 0.2) is 0 Å². The second kappa shape index (κ2) is 10.8. The zero-order valence-corrected chi connectivity index (χ0v) is 13.0. The molecule has 0 aromatic heterocycles. The van der Waals surface area contributed by atoms with Crippen molar-refractivity contribution in [2.24, 2.45) is 0 Å². The van der Waals surface area contributed by atoms with Gasteiger partial charge >= 0.3 is 51.4 Å². The maximum absolute atomic E-state index is 10.2. The second-order valence-corrected chi connectivity index (χ2v) is 4.54. The van der Waals surface area contributed by atoms with Crippen LogP contribution in [0.5, 0.6) is 0 Å². The van der Waals surface area contributed by atoms with Crippen molar-refractivity contribution in [2.75, 3.05) is 5.75 Å². The summed E-state index contributed by atoms with van der Waals surface area (Å²) in [6, 6.07) is 0. The van der Waals surface area contributed by atoms with Crippen LogP contribution in [0, 0.1) is 0 Å². The molecule has 0 aliphatic carbocycles. The molecule has 0 aliphatic heterocycles. The molecule has 0 heterocycles. The topological polar surface area (TPSA) is 57.2 Å². The first-order valence-electron chi connectivity index (χ1n) is 4.65. The van der Waals surface area contributed by atoms with Crippen LogP contribution in [0.4, 0.5) is 0 Å². The maximum atomic E-state index is 10.2. The van der Waals surface area contributed by atoms with Gasteiger partial charge in [-0.3, -0.25) is 0 Å². The molecule has 0 amide bonds. The fourth-order valence-electron chi connectivity index (χ4n) is 0.943. The molecular formula is C9H17KO3S. The first kappa shape index (κ1) is 17.7. The first-order valence-corrected chi connectivity index (χ1v) is 6.22. The predicted octanol–water partition coefficient (Wildman–Crippen LogP) is -0.938. The fourth-order valence-corrected chi connectivity index (χ4v) is 1.50. The summed E-state index contributed by atoms with van der Waals surface area (Å²) < 4.78 is 30.6. The molecule has 0 bridgehead atoms. The summed E-state index contributed by atoms with van der Waals surface area (Å²) in [4.78, 5) is 0. The Morgan fingerprint density at radius 3 is 2.21 bits per heavy atom. The average molecular weight is 244 g/mol.